The van der Waals surface area contributed by atoms with E-state index in [0.717, 1.165) is 30.6 Å². The Bertz CT molecular complexity index is 1600. The molecule has 0 bridgehead atoms. The molecule has 4 aromatic carbocycles. The molecule has 0 spiro atoms. The summed E-state index contributed by atoms with van der Waals surface area (Å²) in [4.78, 5) is 15.5. The number of hydrogen-bond acceptors (Lipinski definition) is 3. The van der Waals surface area contributed by atoms with Crippen molar-refractivity contribution in [2.75, 3.05) is 6.61 Å². The first-order valence-electron chi connectivity index (χ1n) is 16.6. The highest BCUT2D eigenvalue weighted by atomic mass is 32.2. The Kier molecular flexibility index (Phi) is 8.41. The van der Waals surface area contributed by atoms with Crippen molar-refractivity contribution < 1.29 is 13.8 Å². The number of carbonyl (C=O) groups is 1. The van der Waals surface area contributed by atoms with E-state index in [2.05, 4.69) is 87.5 Å². The van der Waals surface area contributed by atoms with E-state index in [-0.39, 0.29) is 17.1 Å². The third kappa shape index (κ3) is 5.67. The van der Waals surface area contributed by atoms with Gasteiger partial charge in [0.1, 0.15) is 0 Å². The van der Waals surface area contributed by atoms with Crippen LogP contribution in [0.4, 0.5) is 0 Å². The summed E-state index contributed by atoms with van der Waals surface area (Å²) in [6, 6.07) is 37.9. The predicted molar refractivity (Wildman–Crippen MR) is 186 cm³/mol. The molecule has 0 aliphatic heterocycles. The predicted octanol–water partition coefficient (Wildman–Crippen LogP) is 6.73. The lowest BCUT2D eigenvalue weighted by molar-refractivity contribution is -0.133. The van der Waals surface area contributed by atoms with Gasteiger partial charge in [-0.3, -0.25) is 4.79 Å². The fraction of sp³-hybridized carbons (Fsp3) is 0.375. The molecule has 3 nitrogen and oxygen atoms in total. The third-order valence-corrected chi connectivity index (χ3v) is 15.1. The molecular formula is C40H44O3SSi. The van der Waals surface area contributed by atoms with Gasteiger partial charge in [-0.05, 0) is 99.2 Å². The van der Waals surface area contributed by atoms with Crippen LogP contribution < -0.4 is 10.4 Å². The normalized spacial score (nSPS) is 26.6. The number of benzene rings is 4. The first-order valence-corrected chi connectivity index (χ1v) is 19.4. The van der Waals surface area contributed by atoms with Crippen molar-refractivity contribution in [1.82, 2.24) is 0 Å². The van der Waals surface area contributed by atoms with Crippen molar-refractivity contribution in [3.63, 3.8) is 0 Å². The minimum Gasteiger partial charge on any atom is -0.611 e. The zero-order valence-electron chi connectivity index (χ0n) is 26.7. The Morgan fingerprint density at radius 3 is 2.11 bits per heavy atom. The number of rotatable bonds is 7. The van der Waals surface area contributed by atoms with Gasteiger partial charge in [-0.25, -0.2) is 0 Å². The van der Waals surface area contributed by atoms with Crippen molar-refractivity contribution in [2.45, 2.75) is 74.4 Å². The van der Waals surface area contributed by atoms with Gasteiger partial charge in [0.2, 0.25) is 9.04 Å². The quantitative estimate of drug-likeness (QED) is 0.168. The number of aryl methyl sites for hydroxylation is 1. The number of carbonyl (C=O) groups excluding carboxylic acids is 1. The van der Waals surface area contributed by atoms with Gasteiger partial charge in [0, 0.05) is 13.0 Å². The molecule has 0 radical (unpaired) electrons. The van der Waals surface area contributed by atoms with Crippen LogP contribution in [0.1, 0.15) is 69.1 Å². The Morgan fingerprint density at radius 1 is 0.867 bits per heavy atom. The highest BCUT2D eigenvalue weighted by Gasteiger charge is 2.64. The summed E-state index contributed by atoms with van der Waals surface area (Å²) in [5, 5.41) is 1.96. The van der Waals surface area contributed by atoms with Crippen LogP contribution in [0.5, 0.6) is 0 Å². The third-order valence-electron chi connectivity index (χ3n) is 11.0. The topological polar surface area (TPSA) is 49.4 Å². The standard InChI is InChI=1S/C40H44O3SSi/c1-39(2,3)29-20-22-33-28(25-29)19-21-35-34(33)23-24-40(36(35)26-37(38(40)41)44(42)30-13-7-4-8-14-30)27-43-45(31-15-9-5-10-16-31)32-17-11-6-12-18-32/h4-18,20,22,25,34-37,45H,19,21,23-24,26-27H2,1-3H3/t34-,35-,36+,37?,40-,44?/m1/s1. The largest absolute Gasteiger partial charge is 0.611 e. The molecule has 3 aliphatic carbocycles. The summed E-state index contributed by atoms with van der Waals surface area (Å²) in [6.45, 7) is 7.27. The van der Waals surface area contributed by atoms with Crippen LogP contribution in [-0.4, -0.2) is 31.2 Å². The highest BCUT2D eigenvalue weighted by molar-refractivity contribution is 7.92. The average Bonchev–Trinajstić information content (AvgIpc) is 3.37. The molecule has 4 aromatic rings. The zero-order valence-corrected chi connectivity index (χ0v) is 28.6. The molecule has 2 saturated carbocycles. The van der Waals surface area contributed by atoms with Crippen LogP contribution in [0, 0.1) is 17.3 Å². The van der Waals surface area contributed by atoms with Gasteiger partial charge in [0.15, 0.2) is 15.9 Å². The number of ketones is 1. The first-order chi connectivity index (χ1) is 21.8. The molecule has 7 rings (SSSR count). The molecular weight excluding hydrogens is 589 g/mol. The van der Waals surface area contributed by atoms with Gasteiger partial charge in [-0.2, -0.15) is 0 Å². The van der Waals surface area contributed by atoms with Crippen LogP contribution in [0.15, 0.2) is 114 Å². The van der Waals surface area contributed by atoms with Crippen molar-refractivity contribution in [2.24, 2.45) is 17.3 Å². The van der Waals surface area contributed by atoms with Crippen LogP contribution in [0.2, 0.25) is 0 Å². The summed E-state index contributed by atoms with van der Waals surface area (Å²) in [6.07, 6.45) is 4.58. The zero-order chi connectivity index (χ0) is 31.2. The molecule has 45 heavy (non-hydrogen) atoms. The molecule has 2 fully saturated rings. The fourth-order valence-electron chi connectivity index (χ4n) is 8.65. The van der Waals surface area contributed by atoms with Gasteiger partial charge >= 0.3 is 0 Å². The van der Waals surface area contributed by atoms with Crippen molar-refractivity contribution >= 4 is 36.4 Å². The molecule has 0 N–H and O–H groups in total. The number of fused-ring (bicyclic) bond motifs is 5. The van der Waals surface area contributed by atoms with Crippen molar-refractivity contribution in [1.29, 1.82) is 0 Å². The maximum atomic E-state index is 14.8. The second-order valence-electron chi connectivity index (χ2n) is 14.5. The van der Waals surface area contributed by atoms with Gasteiger partial charge in [-0.1, -0.05) is 118 Å². The van der Waals surface area contributed by atoms with E-state index < -0.39 is 30.9 Å². The second kappa shape index (κ2) is 12.3. The fourth-order valence-corrected chi connectivity index (χ4v) is 12.6. The molecule has 5 heteroatoms. The first kappa shape index (κ1) is 30.7. The maximum Gasteiger partial charge on any atom is 0.239 e. The van der Waals surface area contributed by atoms with Crippen molar-refractivity contribution in [3.8, 4) is 0 Å². The van der Waals surface area contributed by atoms with Gasteiger partial charge in [0.25, 0.3) is 0 Å². The Balaban J connectivity index is 1.24. The van der Waals surface area contributed by atoms with E-state index in [0.29, 0.717) is 24.9 Å². The summed E-state index contributed by atoms with van der Waals surface area (Å²) < 4.78 is 21.2. The number of Topliss-reactive ketones (excluding diaryl/α,β-unsaturated/α-hetero) is 1. The second-order valence-corrected chi connectivity index (χ2v) is 18.5. The smallest absolute Gasteiger partial charge is 0.239 e. The summed E-state index contributed by atoms with van der Waals surface area (Å²) >= 11 is -1.38. The van der Waals surface area contributed by atoms with E-state index in [1.165, 1.54) is 27.1 Å². The van der Waals surface area contributed by atoms with Crippen LogP contribution in [0.25, 0.3) is 0 Å². The molecule has 0 heterocycles. The molecule has 6 atom stereocenters. The minimum atomic E-state index is -2.05. The molecule has 3 aliphatic rings. The van der Waals surface area contributed by atoms with Gasteiger partial charge in [-0.15, -0.1) is 0 Å². The lowest BCUT2D eigenvalue weighted by Crippen LogP contribution is -2.52. The van der Waals surface area contributed by atoms with E-state index >= 15 is 0 Å². The van der Waals surface area contributed by atoms with Crippen LogP contribution >= 0.6 is 0 Å². The summed E-state index contributed by atoms with van der Waals surface area (Å²) in [5.74, 6) is 1.17. The Labute approximate surface area is 273 Å². The van der Waals surface area contributed by atoms with Crippen LogP contribution in [0.3, 0.4) is 0 Å². The molecule has 0 saturated heterocycles. The monoisotopic (exact) mass is 632 g/mol. The SMILES string of the molecule is CC(C)(C)c1ccc2c(c1)CC[C@@H]1[C@@H]2CC[C@]2(CO[SiH](c3ccccc3)c3ccccc3)C(=O)C([S+]([O-])c3ccccc3)C[C@@H]12. The lowest BCUT2D eigenvalue weighted by Gasteiger charge is -2.49. The summed E-state index contributed by atoms with van der Waals surface area (Å²) in [7, 11) is -2.05. The van der Waals surface area contributed by atoms with E-state index in [9.17, 15) is 9.35 Å². The average molecular weight is 633 g/mol. The Hall–Kier alpha value is -2.96. The lowest BCUT2D eigenvalue weighted by atomic mass is 9.55. The molecule has 2 unspecified atom stereocenters. The van der Waals surface area contributed by atoms with Gasteiger partial charge in [0.05, 0.1) is 5.41 Å². The van der Waals surface area contributed by atoms with E-state index in [1.54, 1.807) is 0 Å². The van der Waals surface area contributed by atoms with Gasteiger partial charge < -0.3 is 8.98 Å². The molecule has 232 valence electrons. The Morgan fingerprint density at radius 2 is 1.49 bits per heavy atom. The summed E-state index contributed by atoms with van der Waals surface area (Å²) in [5.41, 5.74) is 3.88. The molecule has 0 amide bonds. The highest BCUT2D eigenvalue weighted by Crippen LogP contribution is 2.61. The van der Waals surface area contributed by atoms with E-state index in [1.807, 2.05) is 42.5 Å². The molecule has 0 aromatic heterocycles. The van der Waals surface area contributed by atoms with Crippen molar-refractivity contribution in [3.05, 3.63) is 126 Å². The maximum absolute atomic E-state index is 14.8. The minimum absolute atomic E-state index is 0.121. The van der Waals surface area contributed by atoms with Crippen LogP contribution in [-0.2, 0) is 32.2 Å². The number of hydrogen-bond donors (Lipinski definition) is 0. The van der Waals surface area contributed by atoms with E-state index in [4.69, 9.17) is 4.43 Å².